The Hall–Kier alpha value is -2.54. The highest BCUT2D eigenvalue weighted by molar-refractivity contribution is 5.85. The molecule has 3 fully saturated rings. The Kier molecular flexibility index (Phi) is 10.7. The lowest BCUT2D eigenvalue weighted by Gasteiger charge is -2.49. The number of hydrogen-bond donors (Lipinski definition) is 4. The molecule has 12 nitrogen and oxygen atoms in total. The summed E-state index contributed by atoms with van der Waals surface area (Å²) in [7, 11) is 1.89. The van der Waals surface area contributed by atoms with E-state index < -0.39 is 5.41 Å². The maximum Gasteiger partial charge on any atom is 0.290 e. The van der Waals surface area contributed by atoms with Crippen LogP contribution in [0.15, 0.2) is 12.4 Å². The van der Waals surface area contributed by atoms with Crippen molar-refractivity contribution in [1.82, 2.24) is 24.9 Å². The van der Waals surface area contributed by atoms with Crippen molar-refractivity contribution in [2.24, 2.45) is 12.5 Å². The van der Waals surface area contributed by atoms with Crippen LogP contribution in [0.1, 0.15) is 30.9 Å². The van der Waals surface area contributed by atoms with Crippen LogP contribution >= 0.6 is 0 Å². The van der Waals surface area contributed by atoms with Gasteiger partial charge >= 0.3 is 0 Å². The van der Waals surface area contributed by atoms with Gasteiger partial charge in [-0.1, -0.05) is 6.42 Å². The highest BCUT2D eigenvalue weighted by Gasteiger charge is 2.50. The van der Waals surface area contributed by atoms with Crippen molar-refractivity contribution in [1.29, 1.82) is 0 Å². The maximum atomic E-state index is 13.4. The number of morpholine rings is 1. The Morgan fingerprint density at radius 3 is 2.33 bits per heavy atom. The molecular weight excluding hydrogens is 434 g/mol. The molecule has 0 unspecified atom stereocenters. The summed E-state index contributed by atoms with van der Waals surface area (Å²) in [6, 6.07) is -0.161. The first-order valence-corrected chi connectivity index (χ1v) is 11.1. The number of carboxylic acid groups (broad SMARTS) is 2. The van der Waals surface area contributed by atoms with E-state index in [1.54, 1.807) is 4.68 Å². The van der Waals surface area contributed by atoms with Gasteiger partial charge in [-0.2, -0.15) is 5.10 Å². The maximum absolute atomic E-state index is 13.4. The van der Waals surface area contributed by atoms with Crippen LogP contribution in [0.25, 0.3) is 0 Å². The largest absolute Gasteiger partial charge is 0.483 e. The van der Waals surface area contributed by atoms with E-state index in [0.29, 0.717) is 26.2 Å². The average molecular weight is 470 g/mol. The van der Waals surface area contributed by atoms with Crippen molar-refractivity contribution < 1.29 is 34.4 Å². The summed E-state index contributed by atoms with van der Waals surface area (Å²) in [4.78, 5) is 34.5. The number of amides is 1. The van der Waals surface area contributed by atoms with Gasteiger partial charge in [0.05, 0.1) is 37.0 Å². The Morgan fingerprint density at radius 1 is 1.21 bits per heavy atom. The van der Waals surface area contributed by atoms with E-state index in [1.807, 2.05) is 24.3 Å². The fourth-order valence-corrected chi connectivity index (χ4v) is 4.56. The summed E-state index contributed by atoms with van der Waals surface area (Å²) >= 11 is 0. The van der Waals surface area contributed by atoms with Crippen molar-refractivity contribution in [2.75, 3.05) is 52.5 Å². The van der Waals surface area contributed by atoms with Crippen LogP contribution in [-0.2, 0) is 26.2 Å². The second-order valence-corrected chi connectivity index (χ2v) is 8.41. The van der Waals surface area contributed by atoms with Gasteiger partial charge in [-0.3, -0.25) is 19.1 Å². The van der Waals surface area contributed by atoms with Crippen molar-refractivity contribution in [3.63, 3.8) is 0 Å². The van der Waals surface area contributed by atoms with Crippen LogP contribution in [0.4, 0.5) is 0 Å². The third kappa shape index (κ3) is 6.73. The number of ether oxygens (including phenoxy) is 1. The molecule has 0 saturated carbocycles. The van der Waals surface area contributed by atoms with Crippen molar-refractivity contribution in [2.45, 2.75) is 31.4 Å². The molecule has 0 radical (unpaired) electrons. The van der Waals surface area contributed by atoms with Gasteiger partial charge in [0.1, 0.15) is 0 Å². The second-order valence-electron chi connectivity index (χ2n) is 8.41. The number of nitrogens with zero attached hydrogens (tertiary/aromatic N) is 4. The molecule has 12 heteroatoms. The minimum Gasteiger partial charge on any atom is -0.483 e. The molecular formula is C21H35N5O7. The highest BCUT2D eigenvalue weighted by Crippen LogP contribution is 2.35. The molecule has 4 N–H and O–H groups in total. The van der Waals surface area contributed by atoms with Gasteiger partial charge in [-0.05, 0) is 25.9 Å². The topological polar surface area (TPSA) is 157 Å². The summed E-state index contributed by atoms with van der Waals surface area (Å²) < 4.78 is 7.96. The van der Waals surface area contributed by atoms with Crippen LogP contribution in [0.3, 0.4) is 0 Å². The Balaban J connectivity index is 0.000000582. The lowest BCUT2D eigenvalue weighted by molar-refractivity contribution is -0.165. The van der Waals surface area contributed by atoms with E-state index in [-0.39, 0.29) is 37.6 Å². The van der Waals surface area contributed by atoms with E-state index in [1.165, 1.54) is 19.3 Å². The molecule has 4 heterocycles. The quantitative estimate of drug-likeness (QED) is 0.401. The monoisotopic (exact) mass is 469 g/mol. The van der Waals surface area contributed by atoms with Gasteiger partial charge in [0.2, 0.25) is 5.91 Å². The van der Waals surface area contributed by atoms with Crippen LogP contribution in [0.2, 0.25) is 0 Å². The normalized spacial score (nSPS) is 24.2. The number of piperidine rings is 1. The van der Waals surface area contributed by atoms with Gasteiger partial charge in [-0.15, -0.1) is 0 Å². The number of aliphatic hydroxyl groups excluding tert-OH is 1. The summed E-state index contributed by atoms with van der Waals surface area (Å²) in [5, 5.41) is 31.1. The van der Waals surface area contributed by atoms with Crippen LogP contribution in [-0.4, -0.2) is 112 Å². The molecule has 0 aliphatic carbocycles. The lowest BCUT2D eigenvalue weighted by Crippen LogP contribution is -2.66. The van der Waals surface area contributed by atoms with E-state index in [4.69, 9.17) is 24.5 Å². The zero-order valence-electron chi connectivity index (χ0n) is 19.0. The molecule has 3 saturated heterocycles. The number of carbonyl (C=O) groups excluding carboxylic acids is 1. The van der Waals surface area contributed by atoms with Crippen molar-refractivity contribution in [3.05, 3.63) is 18.0 Å². The zero-order chi connectivity index (χ0) is 24.3. The first kappa shape index (κ1) is 26.7. The lowest BCUT2D eigenvalue weighted by atomic mass is 9.80. The predicted molar refractivity (Wildman–Crippen MR) is 117 cm³/mol. The molecule has 186 valence electrons. The van der Waals surface area contributed by atoms with E-state index in [2.05, 4.69) is 15.3 Å². The number of aromatic nitrogens is 2. The molecule has 0 spiro atoms. The first-order chi connectivity index (χ1) is 16.0. The number of aliphatic hydroxyl groups is 1. The minimum absolute atomic E-state index is 0.0320. The Bertz CT molecular complexity index is 738. The summed E-state index contributed by atoms with van der Waals surface area (Å²) in [6.07, 6.45) is 7.50. The number of likely N-dealkylation sites (tertiary alicyclic amines) is 1. The van der Waals surface area contributed by atoms with Gasteiger partial charge < -0.3 is 35.2 Å². The molecule has 1 aromatic heterocycles. The van der Waals surface area contributed by atoms with Crippen molar-refractivity contribution >= 4 is 18.9 Å². The molecule has 0 bridgehead atoms. The van der Waals surface area contributed by atoms with Gasteiger partial charge in [0.25, 0.3) is 12.9 Å². The van der Waals surface area contributed by atoms with Crippen LogP contribution in [0.5, 0.6) is 0 Å². The predicted octanol–water partition coefficient (Wildman–Crippen LogP) is -0.842. The van der Waals surface area contributed by atoms with Crippen LogP contribution in [0, 0.1) is 5.41 Å². The second kappa shape index (κ2) is 13.2. The molecule has 1 amide bonds. The third-order valence-electron chi connectivity index (χ3n) is 6.25. The number of carbonyl (C=O) groups is 3. The fraction of sp³-hybridized carbons (Fsp3) is 0.714. The first-order valence-electron chi connectivity index (χ1n) is 11.1. The summed E-state index contributed by atoms with van der Waals surface area (Å²) in [5.41, 5.74) is 0.320. The van der Waals surface area contributed by atoms with Crippen LogP contribution < -0.4 is 5.32 Å². The van der Waals surface area contributed by atoms with Gasteiger partial charge in [0.15, 0.2) is 0 Å². The third-order valence-corrected chi connectivity index (χ3v) is 6.25. The number of nitrogens with one attached hydrogen (secondary N) is 1. The van der Waals surface area contributed by atoms with E-state index in [0.717, 1.165) is 25.2 Å². The molecule has 2 atom stereocenters. The smallest absolute Gasteiger partial charge is 0.290 e. The Labute approximate surface area is 193 Å². The number of aryl methyl sites for hydroxylation is 1. The van der Waals surface area contributed by atoms with E-state index in [9.17, 15) is 9.90 Å². The molecule has 3 aliphatic heterocycles. The SMILES string of the molecule is Cn1cc([C@H]2[C@H](CN3CCCCC3)OCCN2C(=O)C2(CO)CNC2)cn1.O=CO.O=CO. The van der Waals surface area contributed by atoms with Gasteiger partial charge in [0, 0.05) is 45.0 Å². The molecule has 4 rings (SSSR count). The highest BCUT2D eigenvalue weighted by atomic mass is 16.5. The average Bonchev–Trinajstić information content (AvgIpc) is 3.21. The van der Waals surface area contributed by atoms with Crippen molar-refractivity contribution in [3.8, 4) is 0 Å². The molecule has 0 aromatic carbocycles. The fourth-order valence-electron chi connectivity index (χ4n) is 4.56. The molecule has 33 heavy (non-hydrogen) atoms. The van der Waals surface area contributed by atoms with Gasteiger partial charge in [-0.25, -0.2) is 0 Å². The minimum atomic E-state index is -0.687. The zero-order valence-corrected chi connectivity index (χ0v) is 19.0. The standard InChI is InChI=1S/C19H31N5O3.2CH2O2/c1-22-10-15(9-21-22)17-16(11-23-5-3-2-4-6-23)27-8-7-24(17)18(26)19(14-25)12-20-13-19;2*2-1-3/h9-10,16-17,20,25H,2-8,11-14H2,1H3;2*1H,(H,2,3)/t16-,17-;;/m0../s1. The number of hydrogen-bond acceptors (Lipinski definition) is 8. The Morgan fingerprint density at radius 2 is 1.85 bits per heavy atom. The summed E-state index contributed by atoms with van der Waals surface area (Å²) in [5.74, 6) is 0.0320. The summed E-state index contributed by atoms with van der Waals surface area (Å²) in [6.45, 7) is 4.57. The molecule has 3 aliphatic rings. The molecule has 1 aromatic rings. The number of rotatable bonds is 5. The van der Waals surface area contributed by atoms with E-state index >= 15 is 0 Å².